The van der Waals surface area contributed by atoms with Gasteiger partial charge < -0.3 is 51.2 Å². The van der Waals surface area contributed by atoms with Crippen LogP contribution in [0.3, 0.4) is 0 Å². The third kappa shape index (κ3) is 18.9. The van der Waals surface area contributed by atoms with E-state index < -0.39 is 0 Å². The normalized spacial score (nSPS) is 13.4. The highest BCUT2D eigenvalue weighted by atomic mass is 35.5. The van der Waals surface area contributed by atoms with Crippen LogP contribution in [0.25, 0.3) is 44.3 Å². The minimum Gasteiger partial charge on any atom is -0.381 e. The molecule has 23 heteroatoms. The third-order valence-corrected chi connectivity index (χ3v) is 19.3. The van der Waals surface area contributed by atoms with Crippen molar-refractivity contribution in [1.82, 2.24) is 60.6 Å². The first kappa shape index (κ1) is 75.2. The molecule has 10 aromatic rings. The quantitative estimate of drug-likeness (QED) is 0.0251. The fourth-order valence-electron chi connectivity index (χ4n) is 13.1. The molecule has 6 heterocycles. The topological polar surface area (TPSA) is 227 Å². The van der Waals surface area contributed by atoms with Gasteiger partial charge in [-0.3, -0.25) is 19.2 Å². The SMILES string of the molecule is CCc1nc2c(cnn2CC)c(NC2CCOCC2)c1CNC(=O)c1cccc(C(=O)NCc2ccc(F)c(-c3cccc(CCl)c3)c2)c1.CCc1nc2c(cnn2CC)c(NC2CCOCC2)c1CNC(=O)c1cccc(C(=O)NCc2ccc(F)c(-c3cccc(CN(C)CCN(C)C)c3)c2)c1. The number of halogens is 3. The van der Waals surface area contributed by atoms with E-state index in [1.165, 1.54) is 12.1 Å². The number of alkyl halides is 1. The van der Waals surface area contributed by atoms with Crippen LogP contribution in [0, 0.1) is 11.6 Å². The van der Waals surface area contributed by atoms with Crippen molar-refractivity contribution in [3.8, 4) is 22.3 Å². The Kier molecular flexibility index (Phi) is 26.0. The van der Waals surface area contributed by atoms with Crippen molar-refractivity contribution < 1.29 is 37.4 Å². The van der Waals surface area contributed by atoms with E-state index in [-0.39, 0.29) is 73.5 Å². The Morgan fingerprint density at radius 2 is 0.904 bits per heavy atom. The number of benzene rings is 6. The maximum absolute atomic E-state index is 15.1. The summed E-state index contributed by atoms with van der Waals surface area (Å²) in [6, 6.07) is 38.7. The number of pyridine rings is 2. The molecule has 4 amide bonds. The largest absolute Gasteiger partial charge is 0.381 e. The van der Waals surface area contributed by atoms with Gasteiger partial charge in [0.15, 0.2) is 11.3 Å². The van der Waals surface area contributed by atoms with Crippen molar-refractivity contribution in [1.29, 1.82) is 0 Å². The number of hydrogen-bond acceptors (Lipinski definition) is 14. The fraction of sp³-hybridized carbons (Fsp3) is 0.358. The number of aryl methyl sites for hydroxylation is 4. The van der Waals surface area contributed by atoms with Crippen molar-refractivity contribution in [2.75, 3.05) is 71.3 Å². The Balaban J connectivity index is 0.000000210. The summed E-state index contributed by atoms with van der Waals surface area (Å²) < 4.78 is 44.8. The van der Waals surface area contributed by atoms with E-state index >= 15 is 4.39 Å². The molecule has 0 aliphatic carbocycles. The molecule has 0 bridgehead atoms. The number of aromatic nitrogens is 6. The molecular formula is C81H93ClF2N14O6. The summed E-state index contributed by atoms with van der Waals surface area (Å²) in [6.07, 6.45) is 8.61. The molecule has 0 saturated carbocycles. The lowest BCUT2D eigenvalue weighted by molar-refractivity contribution is 0.0903. The van der Waals surface area contributed by atoms with Gasteiger partial charge in [-0.1, -0.05) is 74.5 Å². The van der Waals surface area contributed by atoms with Crippen molar-refractivity contribution in [3.05, 3.63) is 225 Å². The van der Waals surface area contributed by atoms with E-state index in [4.69, 9.17) is 31.0 Å². The van der Waals surface area contributed by atoms with E-state index in [1.807, 2.05) is 78.1 Å². The zero-order valence-electron chi connectivity index (χ0n) is 60.3. The molecule has 6 aromatic carbocycles. The second-order valence-corrected chi connectivity index (χ2v) is 26.9. The zero-order chi connectivity index (χ0) is 73.2. The summed E-state index contributed by atoms with van der Waals surface area (Å²) in [4.78, 5) is 67.9. The van der Waals surface area contributed by atoms with Crippen molar-refractivity contribution in [2.24, 2.45) is 0 Å². The van der Waals surface area contributed by atoms with Gasteiger partial charge in [-0.2, -0.15) is 10.2 Å². The maximum atomic E-state index is 15.1. The van der Waals surface area contributed by atoms with Crippen LogP contribution in [-0.2, 0) is 74.0 Å². The number of rotatable bonds is 28. The summed E-state index contributed by atoms with van der Waals surface area (Å²) in [6.45, 7) is 15.9. The molecule has 6 N–H and O–H groups in total. The number of anilines is 2. The molecule has 544 valence electrons. The maximum Gasteiger partial charge on any atom is 0.251 e. The molecule has 2 aliphatic rings. The van der Waals surface area contributed by atoms with Crippen LogP contribution in [0.2, 0.25) is 0 Å². The average molecular weight is 1430 g/mol. The minimum absolute atomic E-state index is 0.185. The van der Waals surface area contributed by atoms with Gasteiger partial charge in [0.25, 0.3) is 23.6 Å². The molecule has 2 fully saturated rings. The van der Waals surface area contributed by atoms with Gasteiger partial charge in [0.1, 0.15) is 11.6 Å². The summed E-state index contributed by atoms with van der Waals surface area (Å²) >= 11 is 5.97. The number of fused-ring (bicyclic) bond motifs is 2. The van der Waals surface area contributed by atoms with E-state index in [9.17, 15) is 23.6 Å². The molecule has 0 unspecified atom stereocenters. The van der Waals surface area contributed by atoms with Crippen molar-refractivity contribution in [3.63, 3.8) is 0 Å². The fourth-order valence-corrected chi connectivity index (χ4v) is 13.3. The second-order valence-electron chi connectivity index (χ2n) is 26.6. The van der Waals surface area contributed by atoms with Crippen LogP contribution in [0.4, 0.5) is 20.2 Å². The number of hydrogen-bond donors (Lipinski definition) is 6. The Hall–Kier alpha value is -9.97. The first-order chi connectivity index (χ1) is 50.5. The number of likely N-dealkylation sites (N-methyl/N-ethyl adjacent to an activating group) is 2. The van der Waals surface area contributed by atoms with E-state index in [0.29, 0.717) is 97.2 Å². The van der Waals surface area contributed by atoms with Crippen LogP contribution in [-0.4, -0.2) is 136 Å². The van der Waals surface area contributed by atoms with E-state index in [0.717, 1.165) is 129 Å². The molecule has 4 aromatic heterocycles. The molecule has 0 spiro atoms. The van der Waals surface area contributed by atoms with Gasteiger partial charge in [0.05, 0.1) is 34.5 Å². The third-order valence-electron chi connectivity index (χ3n) is 19.0. The molecule has 20 nitrogen and oxygen atoms in total. The van der Waals surface area contributed by atoms with E-state index in [2.05, 4.69) is 93.0 Å². The van der Waals surface area contributed by atoms with Gasteiger partial charge in [-0.25, -0.2) is 28.1 Å². The van der Waals surface area contributed by atoms with Gasteiger partial charge in [-0.15, -0.1) is 11.6 Å². The highest BCUT2D eigenvalue weighted by molar-refractivity contribution is 6.17. The highest BCUT2D eigenvalue weighted by Gasteiger charge is 2.26. The van der Waals surface area contributed by atoms with Crippen LogP contribution < -0.4 is 31.9 Å². The van der Waals surface area contributed by atoms with Crippen molar-refractivity contribution >= 4 is 68.7 Å². The standard InChI is InChI=1S/C43H53FN8O3.C38H40ClFN6O3/c1-6-39-36(40(48-34-16-20-55-21-17-34)37-27-47-52(7-2)41(37)49-39)26-46-43(54)33-13-9-12-32(24-33)42(53)45-25-29-14-15-38(44)35(23-29)31-11-8-10-30(22-31)28-51(5)19-18-50(3)4;1-3-34-31(35(44-29-13-15-49-16-14-29)32-23-43-46(4-2)36(32)45-34)22-42-38(48)28-10-6-9-27(19-28)37(47)41-21-25-11-12-33(40)30(18-25)26-8-5-7-24(17-26)20-39/h8-15,22-24,27,34H,6-7,16-21,25-26,28H2,1-5H3,(H,45,53)(H,46,54)(H,48,49);5-12,17-19,23,29H,3-4,13-16,20-22H2,1-2H3,(H,41,47)(H,42,48)(H,44,45). The Morgan fingerprint density at radius 1 is 0.500 bits per heavy atom. The molecule has 104 heavy (non-hydrogen) atoms. The number of ether oxygens (including phenoxy) is 2. The summed E-state index contributed by atoms with van der Waals surface area (Å²) in [5.74, 6) is -1.63. The summed E-state index contributed by atoms with van der Waals surface area (Å²) in [5, 5.41) is 30.5. The molecule has 0 radical (unpaired) electrons. The molecule has 2 saturated heterocycles. The molecular weight excluding hydrogens is 1340 g/mol. The van der Waals surface area contributed by atoms with Gasteiger partial charge >= 0.3 is 0 Å². The highest BCUT2D eigenvalue weighted by Crippen LogP contribution is 2.34. The van der Waals surface area contributed by atoms with Crippen LogP contribution in [0.15, 0.2) is 146 Å². The van der Waals surface area contributed by atoms with Gasteiger partial charge in [-0.05, 0) is 180 Å². The predicted octanol–water partition coefficient (Wildman–Crippen LogP) is 13.3. The van der Waals surface area contributed by atoms with Crippen LogP contribution in [0.5, 0.6) is 0 Å². The Bertz CT molecular complexity index is 4660. The number of carbonyl (C=O) groups excluding carboxylic acids is 4. The number of nitrogens with zero attached hydrogens (tertiary/aromatic N) is 8. The lowest BCUT2D eigenvalue weighted by Gasteiger charge is -2.26. The zero-order valence-corrected chi connectivity index (χ0v) is 61.1. The smallest absolute Gasteiger partial charge is 0.251 e. The Morgan fingerprint density at radius 3 is 1.31 bits per heavy atom. The molecule has 2 aliphatic heterocycles. The molecule has 0 atom stereocenters. The van der Waals surface area contributed by atoms with Crippen LogP contribution in [0.1, 0.15) is 140 Å². The average Bonchev–Trinajstić information content (AvgIpc) is 1.56. The number of amides is 4. The lowest BCUT2D eigenvalue weighted by atomic mass is 10.00. The monoisotopic (exact) mass is 1430 g/mol. The Labute approximate surface area is 611 Å². The number of carbonyl (C=O) groups is 4. The van der Waals surface area contributed by atoms with Crippen LogP contribution >= 0.6 is 11.6 Å². The van der Waals surface area contributed by atoms with Gasteiger partial charge in [0, 0.05) is 159 Å². The summed E-state index contributed by atoms with van der Waals surface area (Å²) in [5.41, 5.74) is 14.5. The minimum atomic E-state index is -0.357. The van der Waals surface area contributed by atoms with Crippen molar-refractivity contribution in [2.45, 2.75) is 130 Å². The summed E-state index contributed by atoms with van der Waals surface area (Å²) in [7, 11) is 6.19. The number of nitrogens with one attached hydrogen (secondary N) is 6. The first-order valence-electron chi connectivity index (χ1n) is 35.9. The first-order valence-corrected chi connectivity index (χ1v) is 36.5. The predicted molar refractivity (Wildman–Crippen MR) is 406 cm³/mol. The van der Waals surface area contributed by atoms with E-state index in [1.54, 1.807) is 72.8 Å². The lowest BCUT2D eigenvalue weighted by Crippen LogP contribution is -2.30. The molecule has 12 rings (SSSR count). The van der Waals surface area contributed by atoms with Gasteiger partial charge in [0.2, 0.25) is 0 Å². The second kappa shape index (κ2) is 36.0.